The monoisotopic (exact) mass is 198 g/mol. The molecule has 1 aromatic carbocycles. The van der Waals surface area contributed by atoms with E-state index in [4.69, 9.17) is 16.3 Å². The average molecular weight is 199 g/mol. The summed E-state index contributed by atoms with van der Waals surface area (Å²) in [5, 5.41) is 0. The molecule has 0 atom stereocenters. The highest BCUT2D eigenvalue weighted by atomic mass is 35.5. The van der Waals surface area contributed by atoms with E-state index in [9.17, 15) is 4.79 Å². The minimum absolute atomic E-state index is 0.0104. The zero-order chi connectivity index (χ0) is 9.84. The Morgan fingerprint density at radius 3 is 2.69 bits per heavy atom. The van der Waals surface area contributed by atoms with Gasteiger partial charge >= 0.3 is 0 Å². The van der Waals surface area contributed by atoms with Gasteiger partial charge in [0.1, 0.15) is 5.75 Å². The molecule has 0 saturated heterocycles. The van der Waals surface area contributed by atoms with Crippen molar-refractivity contribution in [3.8, 4) is 5.75 Å². The van der Waals surface area contributed by atoms with Crippen LogP contribution in [0.1, 0.15) is 22.8 Å². The van der Waals surface area contributed by atoms with Gasteiger partial charge in [-0.2, -0.15) is 0 Å². The molecule has 0 fully saturated rings. The molecule has 0 heterocycles. The van der Waals surface area contributed by atoms with Crippen molar-refractivity contribution in [2.75, 3.05) is 7.11 Å². The fourth-order valence-electron chi connectivity index (χ4n) is 1.11. The number of hydrogen-bond acceptors (Lipinski definition) is 2. The van der Waals surface area contributed by atoms with Crippen LogP contribution in [0.2, 0.25) is 0 Å². The van der Waals surface area contributed by atoms with Gasteiger partial charge in [-0.1, -0.05) is 6.07 Å². The van der Waals surface area contributed by atoms with Crippen LogP contribution in [0.3, 0.4) is 0 Å². The summed E-state index contributed by atoms with van der Waals surface area (Å²) in [7, 11) is 1.54. The lowest BCUT2D eigenvalue weighted by atomic mass is 10.1. The van der Waals surface area contributed by atoms with E-state index < -0.39 is 0 Å². The third-order valence-electron chi connectivity index (χ3n) is 1.80. The lowest BCUT2D eigenvalue weighted by Crippen LogP contribution is -1.98. The van der Waals surface area contributed by atoms with Crippen LogP contribution in [0, 0.1) is 0 Å². The zero-order valence-corrected chi connectivity index (χ0v) is 8.39. The molecule has 2 nitrogen and oxygen atoms in total. The van der Waals surface area contributed by atoms with Crippen LogP contribution in [0.4, 0.5) is 0 Å². The number of ether oxygens (including phenoxy) is 1. The van der Waals surface area contributed by atoms with Crippen LogP contribution in [0.5, 0.6) is 5.75 Å². The van der Waals surface area contributed by atoms with Crippen LogP contribution in [-0.4, -0.2) is 12.9 Å². The van der Waals surface area contributed by atoms with Gasteiger partial charge in [0.25, 0.3) is 0 Å². The Balaban J connectivity index is 3.18. The summed E-state index contributed by atoms with van der Waals surface area (Å²) >= 11 is 5.65. The van der Waals surface area contributed by atoms with Crippen molar-refractivity contribution in [3.63, 3.8) is 0 Å². The summed E-state index contributed by atoms with van der Waals surface area (Å²) in [4.78, 5) is 11.2. The second-order valence-electron chi connectivity index (χ2n) is 2.72. The Labute approximate surface area is 82.5 Å². The highest BCUT2D eigenvalue weighted by Crippen LogP contribution is 2.21. The van der Waals surface area contributed by atoms with Crippen LogP contribution < -0.4 is 4.74 Å². The number of benzene rings is 1. The second kappa shape index (κ2) is 4.28. The Bertz CT molecular complexity index is 321. The minimum Gasteiger partial charge on any atom is -0.496 e. The lowest BCUT2D eigenvalue weighted by molar-refractivity contribution is 0.101. The normalized spacial score (nSPS) is 9.77. The fourth-order valence-corrected chi connectivity index (χ4v) is 1.28. The molecule has 1 aromatic rings. The smallest absolute Gasteiger partial charge is 0.163 e. The van der Waals surface area contributed by atoms with Gasteiger partial charge in [-0.3, -0.25) is 4.79 Å². The van der Waals surface area contributed by atoms with Gasteiger partial charge in [0.2, 0.25) is 0 Å². The van der Waals surface area contributed by atoms with E-state index in [0.717, 1.165) is 5.56 Å². The lowest BCUT2D eigenvalue weighted by Gasteiger charge is -2.06. The van der Waals surface area contributed by atoms with E-state index in [-0.39, 0.29) is 5.78 Å². The Morgan fingerprint density at radius 1 is 1.54 bits per heavy atom. The molecule has 0 bridgehead atoms. The molecule has 0 N–H and O–H groups in total. The summed E-state index contributed by atoms with van der Waals surface area (Å²) in [6.45, 7) is 1.51. The molecule has 0 aliphatic rings. The van der Waals surface area contributed by atoms with Crippen molar-refractivity contribution in [1.82, 2.24) is 0 Å². The number of ketones is 1. The molecular weight excluding hydrogens is 188 g/mol. The first-order valence-electron chi connectivity index (χ1n) is 3.93. The molecule has 0 unspecified atom stereocenters. The zero-order valence-electron chi connectivity index (χ0n) is 7.63. The standard InChI is InChI=1S/C10H11ClO2/c1-7(12)9-5-8(6-11)3-4-10(9)13-2/h3-5H,6H2,1-2H3. The molecule has 0 radical (unpaired) electrons. The van der Waals surface area contributed by atoms with Crippen LogP contribution in [0.15, 0.2) is 18.2 Å². The summed E-state index contributed by atoms with van der Waals surface area (Å²) in [6, 6.07) is 5.36. The molecule has 0 amide bonds. The van der Waals surface area contributed by atoms with Crippen molar-refractivity contribution in [3.05, 3.63) is 29.3 Å². The fraction of sp³-hybridized carbons (Fsp3) is 0.300. The maximum atomic E-state index is 11.2. The number of hydrogen-bond donors (Lipinski definition) is 0. The first kappa shape index (κ1) is 10.1. The molecule has 0 saturated carbocycles. The second-order valence-corrected chi connectivity index (χ2v) is 2.99. The third-order valence-corrected chi connectivity index (χ3v) is 2.11. The summed E-state index contributed by atoms with van der Waals surface area (Å²) in [5.41, 5.74) is 1.51. The predicted molar refractivity (Wildman–Crippen MR) is 52.6 cm³/mol. The SMILES string of the molecule is COc1ccc(CCl)cc1C(C)=O. The van der Waals surface area contributed by atoms with Gasteiger partial charge < -0.3 is 4.74 Å². The maximum Gasteiger partial charge on any atom is 0.163 e. The molecule has 1 rings (SSSR count). The highest BCUT2D eigenvalue weighted by Gasteiger charge is 2.07. The molecule has 70 valence electrons. The number of Topliss-reactive ketones (excluding diaryl/α,β-unsaturated/α-hetero) is 1. The van der Waals surface area contributed by atoms with E-state index in [1.165, 1.54) is 6.92 Å². The van der Waals surface area contributed by atoms with Gasteiger partial charge in [-0.05, 0) is 24.6 Å². The molecule has 3 heteroatoms. The van der Waals surface area contributed by atoms with Gasteiger partial charge in [0.15, 0.2) is 5.78 Å². The Kier molecular flexibility index (Phi) is 3.32. The molecule has 0 aromatic heterocycles. The summed E-state index contributed by atoms with van der Waals surface area (Å²) < 4.78 is 5.04. The summed E-state index contributed by atoms with van der Waals surface area (Å²) in [6.07, 6.45) is 0. The number of methoxy groups -OCH3 is 1. The molecule has 0 aliphatic carbocycles. The maximum absolute atomic E-state index is 11.2. The van der Waals surface area contributed by atoms with Crippen LogP contribution >= 0.6 is 11.6 Å². The van der Waals surface area contributed by atoms with Crippen LogP contribution in [0.25, 0.3) is 0 Å². The number of carbonyl (C=O) groups is 1. The van der Waals surface area contributed by atoms with Crippen molar-refractivity contribution in [2.45, 2.75) is 12.8 Å². The topological polar surface area (TPSA) is 26.3 Å². The molecular formula is C10H11ClO2. The number of carbonyl (C=O) groups excluding carboxylic acids is 1. The van der Waals surface area contributed by atoms with Gasteiger partial charge in [-0.15, -0.1) is 11.6 Å². The van der Waals surface area contributed by atoms with Gasteiger partial charge in [0.05, 0.1) is 12.7 Å². The van der Waals surface area contributed by atoms with Crippen molar-refractivity contribution < 1.29 is 9.53 Å². The number of alkyl halides is 1. The molecule has 0 aliphatic heterocycles. The third kappa shape index (κ3) is 2.22. The van der Waals surface area contributed by atoms with E-state index in [1.807, 2.05) is 6.07 Å². The predicted octanol–water partition coefficient (Wildman–Crippen LogP) is 2.64. The Hall–Kier alpha value is -1.02. The van der Waals surface area contributed by atoms with Crippen molar-refractivity contribution in [1.29, 1.82) is 0 Å². The molecule has 0 spiro atoms. The number of rotatable bonds is 3. The van der Waals surface area contributed by atoms with Crippen molar-refractivity contribution >= 4 is 17.4 Å². The Morgan fingerprint density at radius 2 is 2.23 bits per heavy atom. The van der Waals surface area contributed by atoms with E-state index in [2.05, 4.69) is 0 Å². The van der Waals surface area contributed by atoms with Crippen LogP contribution in [-0.2, 0) is 5.88 Å². The average Bonchev–Trinajstić information content (AvgIpc) is 2.16. The van der Waals surface area contributed by atoms with Gasteiger partial charge in [0, 0.05) is 5.88 Å². The summed E-state index contributed by atoms with van der Waals surface area (Å²) in [5.74, 6) is 0.995. The quantitative estimate of drug-likeness (QED) is 0.551. The van der Waals surface area contributed by atoms with E-state index >= 15 is 0 Å². The first-order valence-corrected chi connectivity index (χ1v) is 4.46. The first-order chi connectivity index (χ1) is 6.19. The van der Waals surface area contributed by atoms with Gasteiger partial charge in [-0.25, -0.2) is 0 Å². The minimum atomic E-state index is -0.0104. The molecule has 13 heavy (non-hydrogen) atoms. The number of halogens is 1. The largest absolute Gasteiger partial charge is 0.496 e. The highest BCUT2D eigenvalue weighted by molar-refractivity contribution is 6.17. The van der Waals surface area contributed by atoms with Crippen molar-refractivity contribution in [2.24, 2.45) is 0 Å². The van der Waals surface area contributed by atoms with E-state index in [1.54, 1.807) is 19.2 Å². The van der Waals surface area contributed by atoms with E-state index in [0.29, 0.717) is 17.2 Å².